The van der Waals surface area contributed by atoms with Gasteiger partial charge in [-0.15, -0.1) is 0 Å². The standard InChI is InChI=1S/C18H23N5O2/c1-24-16-6-4-15(5-7-16)22-18(19)21-13-14-3-2-8-20-17(14)23-9-11-25-12-10-23/h2-8H,9-13H2,1H3,(H3,19,21,22). The summed E-state index contributed by atoms with van der Waals surface area (Å²) in [7, 11) is 1.64. The molecule has 1 aromatic carbocycles. The first-order valence-electron chi connectivity index (χ1n) is 8.24. The highest BCUT2D eigenvalue weighted by Gasteiger charge is 2.15. The third kappa shape index (κ3) is 4.60. The molecule has 1 fully saturated rings. The summed E-state index contributed by atoms with van der Waals surface area (Å²) in [5.41, 5.74) is 7.91. The molecular weight excluding hydrogens is 318 g/mol. The molecule has 0 unspecified atom stereocenters. The normalized spacial score (nSPS) is 15.1. The summed E-state index contributed by atoms with van der Waals surface area (Å²) in [5.74, 6) is 2.11. The number of nitrogens with zero attached hydrogens (tertiary/aromatic N) is 3. The highest BCUT2D eigenvalue weighted by molar-refractivity contribution is 5.92. The number of morpholine rings is 1. The number of hydrogen-bond acceptors (Lipinski definition) is 5. The zero-order valence-corrected chi connectivity index (χ0v) is 14.3. The van der Waals surface area contributed by atoms with Crippen molar-refractivity contribution in [2.75, 3.05) is 43.6 Å². The number of rotatable bonds is 5. The van der Waals surface area contributed by atoms with Crippen molar-refractivity contribution < 1.29 is 9.47 Å². The zero-order chi connectivity index (χ0) is 17.5. The fourth-order valence-corrected chi connectivity index (χ4v) is 2.65. The van der Waals surface area contributed by atoms with Gasteiger partial charge >= 0.3 is 0 Å². The second-order valence-electron chi connectivity index (χ2n) is 5.64. The van der Waals surface area contributed by atoms with Gasteiger partial charge in [-0.05, 0) is 30.3 Å². The maximum atomic E-state index is 6.01. The lowest BCUT2D eigenvalue weighted by atomic mass is 10.2. The Morgan fingerprint density at radius 3 is 2.76 bits per heavy atom. The minimum atomic E-state index is 0.363. The van der Waals surface area contributed by atoms with Crippen LogP contribution < -0.4 is 20.7 Å². The van der Waals surface area contributed by atoms with E-state index >= 15 is 0 Å². The molecule has 1 aliphatic heterocycles. The van der Waals surface area contributed by atoms with Crippen molar-refractivity contribution in [2.24, 2.45) is 10.7 Å². The van der Waals surface area contributed by atoms with E-state index in [1.807, 2.05) is 36.4 Å². The van der Waals surface area contributed by atoms with Gasteiger partial charge in [0.1, 0.15) is 11.6 Å². The number of guanidine groups is 1. The summed E-state index contributed by atoms with van der Waals surface area (Å²) in [4.78, 5) is 11.2. The second-order valence-corrected chi connectivity index (χ2v) is 5.64. The van der Waals surface area contributed by atoms with Crippen LogP contribution in [-0.2, 0) is 11.3 Å². The van der Waals surface area contributed by atoms with Gasteiger partial charge in [0, 0.05) is 30.5 Å². The van der Waals surface area contributed by atoms with E-state index in [1.165, 1.54) is 0 Å². The Morgan fingerprint density at radius 1 is 1.28 bits per heavy atom. The molecule has 7 heteroatoms. The SMILES string of the molecule is COc1ccc(NC(N)=NCc2cccnc2N2CCOCC2)cc1. The van der Waals surface area contributed by atoms with E-state index in [0.29, 0.717) is 12.5 Å². The second kappa shape index (κ2) is 8.34. The molecule has 1 aromatic heterocycles. The largest absolute Gasteiger partial charge is 0.497 e. The number of ether oxygens (including phenoxy) is 2. The Morgan fingerprint density at radius 2 is 2.04 bits per heavy atom. The molecule has 2 aromatic rings. The van der Waals surface area contributed by atoms with Crippen LogP contribution >= 0.6 is 0 Å². The molecule has 0 bridgehead atoms. The summed E-state index contributed by atoms with van der Waals surface area (Å²) in [6, 6.07) is 11.5. The van der Waals surface area contributed by atoms with Crippen molar-refractivity contribution in [2.45, 2.75) is 6.54 Å². The quantitative estimate of drug-likeness (QED) is 0.638. The third-order valence-corrected chi connectivity index (χ3v) is 3.96. The van der Waals surface area contributed by atoms with E-state index in [0.717, 1.165) is 49.1 Å². The van der Waals surface area contributed by atoms with Gasteiger partial charge in [0.2, 0.25) is 0 Å². The van der Waals surface area contributed by atoms with Gasteiger partial charge in [0.15, 0.2) is 5.96 Å². The molecule has 0 radical (unpaired) electrons. The monoisotopic (exact) mass is 341 g/mol. The molecule has 25 heavy (non-hydrogen) atoms. The van der Waals surface area contributed by atoms with Gasteiger partial charge < -0.3 is 25.4 Å². The minimum absolute atomic E-state index is 0.363. The predicted octanol–water partition coefficient (Wildman–Crippen LogP) is 1.85. The Kier molecular flexibility index (Phi) is 5.69. The first-order chi connectivity index (χ1) is 12.3. The lowest BCUT2D eigenvalue weighted by Gasteiger charge is -2.29. The Bertz CT molecular complexity index is 712. The first-order valence-corrected chi connectivity index (χ1v) is 8.24. The summed E-state index contributed by atoms with van der Waals surface area (Å²) in [6.45, 7) is 3.59. The van der Waals surface area contributed by atoms with Crippen molar-refractivity contribution in [3.8, 4) is 5.75 Å². The molecule has 1 saturated heterocycles. The Hall–Kier alpha value is -2.80. The lowest BCUT2D eigenvalue weighted by molar-refractivity contribution is 0.122. The number of anilines is 2. The van der Waals surface area contributed by atoms with Crippen molar-refractivity contribution in [1.82, 2.24) is 4.98 Å². The summed E-state index contributed by atoms with van der Waals surface area (Å²) in [6.07, 6.45) is 1.80. The van der Waals surface area contributed by atoms with Gasteiger partial charge in [0.05, 0.1) is 26.9 Å². The van der Waals surface area contributed by atoms with E-state index in [4.69, 9.17) is 15.2 Å². The van der Waals surface area contributed by atoms with Gasteiger partial charge in [-0.3, -0.25) is 0 Å². The molecule has 0 amide bonds. The van der Waals surface area contributed by atoms with Crippen LogP contribution in [0.2, 0.25) is 0 Å². The lowest BCUT2D eigenvalue weighted by Crippen LogP contribution is -2.37. The molecule has 0 spiro atoms. The predicted molar refractivity (Wildman–Crippen MR) is 99.2 cm³/mol. The molecule has 0 saturated carbocycles. The van der Waals surface area contributed by atoms with Crippen LogP contribution in [-0.4, -0.2) is 44.4 Å². The number of hydrogen-bond donors (Lipinski definition) is 2. The molecule has 0 aliphatic carbocycles. The zero-order valence-electron chi connectivity index (χ0n) is 14.3. The topological polar surface area (TPSA) is 85.0 Å². The fourth-order valence-electron chi connectivity index (χ4n) is 2.65. The smallest absolute Gasteiger partial charge is 0.193 e. The van der Waals surface area contributed by atoms with E-state index in [-0.39, 0.29) is 0 Å². The van der Waals surface area contributed by atoms with Crippen molar-refractivity contribution in [1.29, 1.82) is 0 Å². The molecule has 132 valence electrons. The van der Waals surface area contributed by atoms with Crippen LogP contribution in [0.4, 0.5) is 11.5 Å². The van der Waals surface area contributed by atoms with Crippen molar-refractivity contribution >= 4 is 17.5 Å². The number of nitrogens with two attached hydrogens (primary N) is 1. The van der Waals surface area contributed by atoms with E-state index < -0.39 is 0 Å². The van der Waals surface area contributed by atoms with Crippen molar-refractivity contribution in [3.05, 3.63) is 48.2 Å². The summed E-state index contributed by atoms with van der Waals surface area (Å²) >= 11 is 0. The molecular formula is C18H23N5O2. The van der Waals surface area contributed by atoms with Crippen LogP contribution in [0.15, 0.2) is 47.6 Å². The Labute approximate surface area is 147 Å². The number of aromatic nitrogens is 1. The van der Waals surface area contributed by atoms with Gasteiger partial charge in [-0.25, -0.2) is 9.98 Å². The van der Waals surface area contributed by atoms with Crippen LogP contribution in [0.25, 0.3) is 0 Å². The number of methoxy groups -OCH3 is 1. The van der Waals surface area contributed by atoms with E-state index in [2.05, 4.69) is 20.2 Å². The van der Waals surface area contributed by atoms with Crippen LogP contribution in [0.5, 0.6) is 5.75 Å². The first kappa shape index (κ1) is 17.0. The molecule has 3 N–H and O–H groups in total. The van der Waals surface area contributed by atoms with Gasteiger partial charge in [-0.1, -0.05) is 6.07 Å². The molecule has 2 heterocycles. The number of aliphatic imine (C=N–C) groups is 1. The third-order valence-electron chi connectivity index (χ3n) is 3.96. The summed E-state index contributed by atoms with van der Waals surface area (Å²) < 4.78 is 10.5. The van der Waals surface area contributed by atoms with E-state index in [1.54, 1.807) is 13.3 Å². The Balaban J connectivity index is 1.66. The van der Waals surface area contributed by atoms with Crippen molar-refractivity contribution in [3.63, 3.8) is 0 Å². The molecule has 1 aliphatic rings. The highest BCUT2D eigenvalue weighted by Crippen LogP contribution is 2.19. The van der Waals surface area contributed by atoms with Crippen LogP contribution in [0.1, 0.15) is 5.56 Å². The maximum absolute atomic E-state index is 6.01. The molecule has 0 atom stereocenters. The fraction of sp³-hybridized carbons (Fsp3) is 0.333. The maximum Gasteiger partial charge on any atom is 0.193 e. The highest BCUT2D eigenvalue weighted by atomic mass is 16.5. The van der Waals surface area contributed by atoms with Crippen LogP contribution in [0.3, 0.4) is 0 Å². The molecule has 7 nitrogen and oxygen atoms in total. The average Bonchev–Trinajstić information content (AvgIpc) is 2.68. The number of pyridine rings is 1. The van der Waals surface area contributed by atoms with Gasteiger partial charge in [0.25, 0.3) is 0 Å². The van der Waals surface area contributed by atoms with Gasteiger partial charge in [-0.2, -0.15) is 0 Å². The van der Waals surface area contributed by atoms with E-state index in [9.17, 15) is 0 Å². The average molecular weight is 341 g/mol. The summed E-state index contributed by atoms with van der Waals surface area (Å²) in [5, 5.41) is 3.08. The van der Waals surface area contributed by atoms with Crippen LogP contribution in [0, 0.1) is 0 Å². The number of nitrogens with one attached hydrogen (secondary N) is 1. The minimum Gasteiger partial charge on any atom is -0.497 e. The molecule has 3 rings (SSSR count). The number of benzene rings is 1.